The van der Waals surface area contributed by atoms with Gasteiger partial charge in [0, 0.05) is 23.9 Å². The summed E-state index contributed by atoms with van der Waals surface area (Å²) in [5.41, 5.74) is 6.50. The Labute approximate surface area is 110 Å². The Kier molecular flexibility index (Phi) is 5.83. The van der Waals surface area contributed by atoms with Crippen LogP contribution >= 0.6 is 0 Å². The molecule has 0 aromatic heterocycles. The van der Waals surface area contributed by atoms with Gasteiger partial charge in [-0.2, -0.15) is 0 Å². The van der Waals surface area contributed by atoms with E-state index in [4.69, 9.17) is 15.2 Å². The predicted octanol–water partition coefficient (Wildman–Crippen LogP) is 3.87. The molecule has 0 saturated heterocycles. The molecule has 0 heterocycles. The number of rotatable bonds is 7. The average Bonchev–Trinajstić information content (AvgIpc) is 2.22. The Morgan fingerprint density at radius 2 is 1.72 bits per heavy atom. The van der Waals surface area contributed by atoms with E-state index in [0.29, 0.717) is 11.6 Å². The summed E-state index contributed by atoms with van der Waals surface area (Å²) in [6.07, 6.45) is 2.38. The van der Waals surface area contributed by atoms with Crippen LogP contribution in [0.3, 0.4) is 0 Å². The van der Waals surface area contributed by atoms with E-state index < -0.39 is 0 Å². The molecular weight excluding hydrogens is 226 g/mol. The van der Waals surface area contributed by atoms with Gasteiger partial charge in [-0.05, 0) is 32.6 Å². The van der Waals surface area contributed by atoms with Crippen LogP contribution in [0.2, 0.25) is 0 Å². The molecule has 0 bridgehead atoms. The molecule has 0 aliphatic carbocycles. The SMILES string of the molecule is CC(C)CCCOc1cc(N)cc(OC(C)C)c1. The molecule has 0 saturated carbocycles. The topological polar surface area (TPSA) is 44.5 Å². The minimum atomic E-state index is 0.139. The zero-order valence-corrected chi connectivity index (χ0v) is 11.9. The van der Waals surface area contributed by atoms with E-state index in [1.54, 1.807) is 0 Å². The third kappa shape index (κ3) is 5.80. The molecule has 1 aromatic rings. The molecule has 0 spiro atoms. The van der Waals surface area contributed by atoms with Gasteiger partial charge < -0.3 is 15.2 Å². The molecule has 18 heavy (non-hydrogen) atoms. The quantitative estimate of drug-likeness (QED) is 0.591. The first-order valence-corrected chi connectivity index (χ1v) is 6.67. The lowest BCUT2D eigenvalue weighted by Gasteiger charge is -2.13. The summed E-state index contributed by atoms with van der Waals surface area (Å²) >= 11 is 0. The van der Waals surface area contributed by atoms with Crippen LogP contribution in [0.25, 0.3) is 0 Å². The van der Waals surface area contributed by atoms with Crippen molar-refractivity contribution in [1.82, 2.24) is 0 Å². The molecule has 0 radical (unpaired) electrons. The molecule has 0 aliphatic heterocycles. The highest BCUT2D eigenvalue weighted by atomic mass is 16.5. The van der Waals surface area contributed by atoms with Crippen LogP contribution in [0, 0.1) is 5.92 Å². The second kappa shape index (κ2) is 7.14. The van der Waals surface area contributed by atoms with Gasteiger partial charge in [-0.25, -0.2) is 0 Å². The summed E-state index contributed by atoms with van der Waals surface area (Å²) in [4.78, 5) is 0. The Morgan fingerprint density at radius 1 is 1.06 bits per heavy atom. The zero-order valence-electron chi connectivity index (χ0n) is 11.9. The third-order valence-corrected chi connectivity index (χ3v) is 2.47. The van der Waals surface area contributed by atoms with E-state index in [0.717, 1.165) is 24.5 Å². The maximum atomic E-state index is 5.83. The lowest BCUT2D eigenvalue weighted by atomic mass is 10.1. The Morgan fingerprint density at radius 3 is 2.33 bits per heavy atom. The van der Waals surface area contributed by atoms with Crippen LogP contribution in [0.4, 0.5) is 5.69 Å². The second-order valence-electron chi connectivity index (χ2n) is 5.29. The maximum Gasteiger partial charge on any atom is 0.125 e. The standard InChI is InChI=1S/C15H25NO2/c1-11(2)6-5-7-17-14-8-13(16)9-15(10-14)18-12(3)4/h8-12H,5-7,16H2,1-4H3. The molecule has 3 nitrogen and oxygen atoms in total. The first kappa shape index (κ1) is 14.7. The molecule has 2 N–H and O–H groups in total. The van der Waals surface area contributed by atoms with Crippen molar-refractivity contribution in [2.75, 3.05) is 12.3 Å². The highest BCUT2D eigenvalue weighted by molar-refractivity contribution is 5.50. The van der Waals surface area contributed by atoms with Gasteiger partial charge in [0.15, 0.2) is 0 Å². The molecule has 0 aliphatic rings. The van der Waals surface area contributed by atoms with Crippen molar-refractivity contribution in [2.24, 2.45) is 5.92 Å². The van der Waals surface area contributed by atoms with E-state index in [-0.39, 0.29) is 6.10 Å². The van der Waals surface area contributed by atoms with Crippen LogP contribution in [-0.4, -0.2) is 12.7 Å². The lowest BCUT2D eigenvalue weighted by Crippen LogP contribution is -2.06. The Hall–Kier alpha value is -1.38. The van der Waals surface area contributed by atoms with Crippen molar-refractivity contribution in [3.8, 4) is 11.5 Å². The summed E-state index contributed by atoms with van der Waals surface area (Å²) in [6.45, 7) is 9.14. The minimum absolute atomic E-state index is 0.139. The molecule has 1 aromatic carbocycles. The predicted molar refractivity (Wildman–Crippen MR) is 76.2 cm³/mol. The van der Waals surface area contributed by atoms with Crippen molar-refractivity contribution in [3.05, 3.63) is 18.2 Å². The molecule has 102 valence electrons. The van der Waals surface area contributed by atoms with Crippen LogP contribution in [0.1, 0.15) is 40.5 Å². The van der Waals surface area contributed by atoms with Gasteiger partial charge >= 0.3 is 0 Å². The molecule has 1 rings (SSSR count). The fourth-order valence-electron chi connectivity index (χ4n) is 1.70. The molecule has 0 amide bonds. The summed E-state index contributed by atoms with van der Waals surface area (Å²) < 4.78 is 11.3. The van der Waals surface area contributed by atoms with Gasteiger partial charge in [0.2, 0.25) is 0 Å². The van der Waals surface area contributed by atoms with Gasteiger partial charge in [-0.1, -0.05) is 13.8 Å². The van der Waals surface area contributed by atoms with Crippen LogP contribution < -0.4 is 15.2 Å². The van der Waals surface area contributed by atoms with Crippen molar-refractivity contribution in [2.45, 2.75) is 46.6 Å². The number of anilines is 1. The highest BCUT2D eigenvalue weighted by Gasteiger charge is 2.03. The summed E-state index contributed by atoms with van der Waals surface area (Å²) in [6, 6.07) is 5.55. The van der Waals surface area contributed by atoms with E-state index in [1.165, 1.54) is 6.42 Å². The highest BCUT2D eigenvalue weighted by Crippen LogP contribution is 2.25. The summed E-state index contributed by atoms with van der Waals surface area (Å²) in [7, 11) is 0. The van der Waals surface area contributed by atoms with Crippen molar-refractivity contribution >= 4 is 5.69 Å². The first-order valence-electron chi connectivity index (χ1n) is 6.67. The minimum Gasteiger partial charge on any atom is -0.493 e. The van der Waals surface area contributed by atoms with E-state index in [1.807, 2.05) is 32.0 Å². The lowest BCUT2D eigenvalue weighted by molar-refractivity contribution is 0.239. The number of nitrogens with two attached hydrogens (primary N) is 1. The van der Waals surface area contributed by atoms with Crippen LogP contribution in [0.5, 0.6) is 11.5 Å². The van der Waals surface area contributed by atoms with Gasteiger partial charge in [0.1, 0.15) is 11.5 Å². The monoisotopic (exact) mass is 251 g/mol. The Balaban J connectivity index is 2.51. The normalized spacial score (nSPS) is 11.0. The average molecular weight is 251 g/mol. The van der Waals surface area contributed by atoms with Gasteiger partial charge in [-0.15, -0.1) is 0 Å². The molecule has 0 unspecified atom stereocenters. The molecule has 0 fully saturated rings. The van der Waals surface area contributed by atoms with Gasteiger partial charge in [0.05, 0.1) is 12.7 Å². The smallest absolute Gasteiger partial charge is 0.125 e. The molecular formula is C15H25NO2. The van der Waals surface area contributed by atoms with E-state index in [9.17, 15) is 0 Å². The van der Waals surface area contributed by atoms with E-state index in [2.05, 4.69) is 13.8 Å². The second-order valence-corrected chi connectivity index (χ2v) is 5.29. The Bertz CT molecular complexity index is 362. The number of ether oxygens (including phenoxy) is 2. The molecule has 3 heteroatoms. The van der Waals surface area contributed by atoms with Crippen molar-refractivity contribution in [1.29, 1.82) is 0 Å². The van der Waals surface area contributed by atoms with Crippen molar-refractivity contribution < 1.29 is 9.47 Å². The number of hydrogen-bond donors (Lipinski definition) is 1. The largest absolute Gasteiger partial charge is 0.493 e. The fraction of sp³-hybridized carbons (Fsp3) is 0.600. The first-order chi connectivity index (χ1) is 8.47. The summed E-state index contributed by atoms with van der Waals surface area (Å²) in [5.74, 6) is 2.27. The zero-order chi connectivity index (χ0) is 13.5. The number of hydrogen-bond acceptors (Lipinski definition) is 3. The number of benzene rings is 1. The van der Waals surface area contributed by atoms with Crippen LogP contribution in [0.15, 0.2) is 18.2 Å². The van der Waals surface area contributed by atoms with Gasteiger partial charge in [0.25, 0.3) is 0 Å². The maximum absolute atomic E-state index is 5.83. The third-order valence-electron chi connectivity index (χ3n) is 2.47. The van der Waals surface area contributed by atoms with Crippen LogP contribution in [-0.2, 0) is 0 Å². The van der Waals surface area contributed by atoms with Gasteiger partial charge in [-0.3, -0.25) is 0 Å². The van der Waals surface area contributed by atoms with Crippen molar-refractivity contribution in [3.63, 3.8) is 0 Å². The molecule has 0 atom stereocenters. The van der Waals surface area contributed by atoms with E-state index >= 15 is 0 Å². The summed E-state index contributed by atoms with van der Waals surface area (Å²) in [5, 5.41) is 0. The fourth-order valence-corrected chi connectivity index (χ4v) is 1.70. The number of nitrogen functional groups attached to an aromatic ring is 1.